The molecule has 18 heavy (non-hydrogen) atoms. The number of halogens is 3. The molecule has 0 saturated heterocycles. The van der Waals surface area contributed by atoms with Crippen molar-refractivity contribution < 1.29 is 0 Å². The van der Waals surface area contributed by atoms with Crippen LogP contribution < -0.4 is 0 Å². The summed E-state index contributed by atoms with van der Waals surface area (Å²) in [5.41, 5.74) is 2.34. The van der Waals surface area contributed by atoms with Gasteiger partial charge in [-0.25, -0.2) is 9.97 Å². The highest BCUT2D eigenvalue weighted by Crippen LogP contribution is 2.26. The number of hydrogen-bond donors (Lipinski definition) is 1. The molecule has 6 heteroatoms. The lowest BCUT2D eigenvalue weighted by Crippen LogP contribution is -1.80. The minimum Gasteiger partial charge on any atom is -0.337 e. The lowest BCUT2D eigenvalue weighted by molar-refractivity contribution is 1.30. The number of fused-ring (bicyclic) bond motifs is 1. The number of pyridine rings is 1. The Morgan fingerprint density at radius 2 is 1.78 bits per heavy atom. The predicted molar refractivity (Wildman–Crippen MR) is 82.1 cm³/mol. The molecule has 0 amide bonds. The van der Waals surface area contributed by atoms with Crippen LogP contribution in [0.4, 0.5) is 0 Å². The van der Waals surface area contributed by atoms with Crippen LogP contribution in [0.5, 0.6) is 0 Å². The van der Waals surface area contributed by atoms with Gasteiger partial charge in [0.05, 0.1) is 10.5 Å². The van der Waals surface area contributed by atoms with E-state index in [0.29, 0.717) is 10.7 Å². The third kappa shape index (κ3) is 2.20. The normalized spacial score (nSPS) is 11.1. The van der Waals surface area contributed by atoms with Gasteiger partial charge in [0.1, 0.15) is 11.0 Å². The van der Waals surface area contributed by atoms with Gasteiger partial charge in [-0.2, -0.15) is 0 Å². The van der Waals surface area contributed by atoms with Gasteiger partial charge in [-0.05, 0) is 40.8 Å². The zero-order valence-corrected chi connectivity index (χ0v) is 12.6. The Morgan fingerprint density at radius 3 is 2.50 bits per heavy atom. The number of aromatic amines is 1. The van der Waals surface area contributed by atoms with Crippen LogP contribution in [0.25, 0.3) is 22.6 Å². The van der Waals surface area contributed by atoms with E-state index in [1.165, 1.54) is 3.57 Å². The third-order valence-corrected chi connectivity index (χ3v) is 3.89. The van der Waals surface area contributed by atoms with Crippen molar-refractivity contribution in [2.24, 2.45) is 0 Å². The SMILES string of the molecule is Clc1cc2[nH]c(-c3ccc(I)cc3)nc2nc1Cl. The molecule has 0 aliphatic carbocycles. The number of nitrogens with zero attached hydrogens (tertiary/aromatic N) is 2. The van der Waals surface area contributed by atoms with E-state index in [-0.39, 0.29) is 5.15 Å². The second kappa shape index (κ2) is 4.68. The van der Waals surface area contributed by atoms with E-state index < -0.39 is 0 Å². The summed E-state index contributed by atoms with van der Waals surface area (Å²) < 4.78 is 1.18. The number of rotatable bonds is 1. The molecule has 0 saturated carbocycles. The van der Waals surface area contributed by atoms with Gasteiger partial charge in [-0.1, -0.05) is 35.3 Å². The Hall–Kier alpha value is -0.850. The molecule has 0 unspecified atom stereocenters. The molecule has 0 bridgehead atoms. The van der Waals surface area contributed by atoms with Gasteiger partial charge < -0.3 is 4.98 Å². The van der Waals surface area contributed by atoms with Crippen molar-refractivity contribution in [2.45, 2.75) is 0 Å². The molecule has 0 spiro atoms. The Labute approximate surface area is 127 Å². The molecule has 3 rings (SSSR count). The molecule has 0 atom stereocenters. The quantitative estimate of drug-likeness (QED) is 0.490. The van der Waals surface area contributed by atoms with E-state index in [4.69, 9.17) is 23.2 Å². The molecule has 0 aliphatic rings. The van der Waals surface area contributed by atoms with Crippen LogP contribution in [0.1, 0.15) is 0 Å². The van der Waals surface area contributed by atoms with Crippen molar-refractivity contribution in [3.63, 3.8) is 0 Å². The van der Waals surface area contributed by atoms with E-state index in [1.807, 2.05) is 24.3 Å². The zero-order chi connectivity index (χ0) is 12.7. The van der Waals surface area contributed by atoms with Crippen molar-refractivity contribution in [3.8, 4) is 11.4 Å². The highest BCUT2D eigenvalue weighted by molar-refractivity contribution is 14.1. The molecule has 0 aliphatic heterocycles. The molecule has 0 radical (unpaired) electrons. The average molecular weight is 390 g/mol. The number of H-pyrrole nitrogens is 1. The average Bonchev–Trinajstić information content (AvgIpc) is 2.73. The third-order valence-electron chi connectivity index (χ3n) is 2.50. The maximum absolute atomic E-state index is 5.92. The first-order valence-corrected chi connectivity index (χ1v) is 6.94. The van der Waals surface area contributed by atoms with Crippen LogP contribution in [0.15, 0.2) is 30.3 Å². The molecule has 0 fully saturated rings. The van der Waals surface area contributed by atoms with Gasteiger partial charge in [0, 0.05) is 9.13 Å². The smallest absolute Gasteiger partial charge is 0.179 e. The van der Waals surface area contributed by atoms with Crippen LogP contribution in [0.2, 0.25) is 10.2 Å². The van der Waals surface area contributed by atoms with Crippen LogP contribution in [0, 0.1) is 3.57 Å². The second-order valence-corrected chi connectivity index (χ2v) is 5.74. The predicted octanol–water partition coefficient (Wildman–Crippen LogP) is 4.54. The minimum absolute atomic E-state index is 0.268. The number of hydrogen-bond acceptors (Lipinski definition) is 2. The van der Waals surface area contributed by atoms with Gasteiger partial charge in [0.25, 0.3) is 0 Å². The molecule has 90 valence electrons. The fraction of sp³-hybridized carbons (Fsp3) is 0. The summed E-state index contributed by atoms with van der Waals surface area (Å²) in [4.78, 5) is 11.7. The molecular formula is C12H6Cl2IN3. The van der Waals surface area contributed by atoms with Gasteiger partial charge in [-0.3, -0.25) is 0 Å². The van der Waals surface area contributed by atoms with Crippen molar-refractivity contribution in [3.05, 3.63) is 44.1 Å². The summed E-state index contributed by atoms with van der Waals surface area (Å²) in [7, 11) is 0. The maximum Gasteiger partial charge on any atom is 0.179 e. The van der Waals surface area contributed by atoms with E-state index >= 15 is 0 Å². The van der Waals surface area contributed by atoms with Gasteiger partial charge in [0.2, 0.25) is 0 Å². The standard InChI is InChI=1S/C12H6Cl2IN3/c13-8-5-9-12(17-10(8)14)18-11(16-9)6-1-3-7(15)4-2-6/h1-5H,(H,16,17,18). The summed E-state index contributed by atoms with van der Waals surface area (Å²) in [5, 5.41) is 0.687. The summed E-state index contributed by atoms with van der Waals surface area (Å²) in [6, 6.07) is 9.79. The van der Waals surface area contributed by atoms with Crippen molar-refractivity contribution in [1.29, 1.82) is 0 Å². The van der Waals surface area contributed by atoms with Gasteiger partial charge >= 0.3 is 0 Å². The van der Waals surface area contributed by atoms with E-state index in [1.54, 1.807) is 6.07 Å². The number of imidazole rings is 1. The van der Waals surface area contributed by atoms with Crippen LogP contribution in [0.3, 0.4) is 0 Å². The molecular weight excluding hydrogens is 384 g/mol. The largest absolute Gasteiger partial charge is 0.337 e. The highest BCUT2D eigenvalue weighted by Gasteiger charge is 2.09. The van der Waals surface area contributed by atoms with Crippen molar-refractivity contribution in [2.75, 3.05) is 0 Å². The summed E-state index contributed by atoms with van der Waals surface area (Å²) in [6.07, 6.45) is 0. The summed E-state index contributed by atoms with van der Waals surface area (Å²) in [5.74, 6) is 0.757. The fourth-order valence-corrected chi connectivity index (χ4v) is 2.29. The Bertz CT molecular complexity index is 683. The first-order chi connectivity index (χ1) is 8.63. The number of aromatic nitrogens is 3. The Kier molecular flexibility index (Phi) is 3.17. The summed E-state index contributed by atoms with van der Waals surface area (Å²) >= 11 is 14.0. The Morgan fingerprint density at radius 1 is 1.06 bits per heavy atom. The molecule has 1 aromatic carbocycles. The van der Waals surface area contributed by atoms with Crippen LogP contribution in [-0.4, -0.2) is 15.0 Å². The first-order valence-electron chi connectivity index (χ1n) is 5.11. The monoisotopic (exact) mass is 389 g/mol. The molecule has 2 aromatic heterocycles. The van der Waals surface area contributed by atoms with Crippen LogP contribution in [-0.2, 0) is 0 Å². The van der Waals surface area contributed by atoms with Crippen LogP contribution >= 0.6 is 45.8 Å². The number of benzene rings is 1. The molecule has 3 aromatic rings. The van der Waals surface area contributed by atoms with Crippen molar-refractivity contribution in [1.82, 2.24) is 15.0 Å². The molecule has 1 N–H and O–H groups in total. The highest BCUT2D eigenvalue weighted by atomic mass is 127. The fourth-order valence-electron chi connectivity index (χ4n) is 1.64. The van der Waals surface area contributed by atoms with E-state index in [2.05, 4.69) is 37.5 Å². The minimum atomic E-state index is 0.268. The zero-order valence-electron chi connectivity index (χ0n) is 8.92. The molecule has 3 nitrogen and oxygen atoms in total. The summed E-state index contributed by atoms with van der Waals surface area (Å²) in [6.45, 7) is 0. The Balaban J connectivity index is 2.16. The van der Waals surface area contributed by atoms with Gasteiger partial charge in [-0.15, -0.1) is 0 Å². The maximum atomic E-state index is 5.92. The molecule has 2 heterocycles. The second-order valence-electron chi connectivity index (χ2n) is 3.72. The van der Waals surface area contributed by atoms with Crippen molar-refractivity contribution >= 4 is 57.0 Å². The lowest BCUT2D eigenvalue weighted by Gasteiger charge is -1.95. The lowest BCUT2D eigenvalue weighted by atomic mass is 10.2. The topological polar surface area (TPSA) is 41.6 Å². The van der Waals surface area contributed by atoms with E-state index in [9.17, 15) is 0 Å². The van der Waals surface area contributed by atoms with Gasteiger partial charge in [0.15, 0.2) is 5.65 Å². The number of nitrogens with one attached hydrogen (secondary N) is 1. The first kappa shape index (κ1) is 12.2. The van der Waals surface area contributed by atoms with E-state index in [0.717, 1.165) is 16.9 Å².